The Morgan fingerprint density at radius 1 is 0.404 bits per heavy atom. The minimum atomic E-state index is -0.506. The van der Waals surface area contributed by atoms with Crippen LogP contribution in [0.5, 0.6) is 0 Å². The maximum atomic E-state index is 6.36. The zero-order chi connectivity index (χ0) is 34.6. The number of hydrogen-bond donors (Lipinski definition) is 0. The van der Waals surface area contributed by atoms with Crippen LogP contribution in [0.3, 0.4) is 0 Å². The number of furan rings is 1. The average molecular weight is 663 g/mol. The van der Waals surface area contributed by atoms with Crippen molar-refractivity contribution in [3.8, 4) is 33.4 Å². The third-order valence-electron chi connectivity index (χ3n) is 11.7. The third kappa shape index (κ3) is 3.88. The van der Waals surface area contributed by atoms with Gasteiger partial charge in [0.25, 0.3) is 0 Å². The molecule has 0 saturated carbocycles. The van der Waals surface area contributed by atoms with Gasteiger partial charge in [-0.2, -0.15) is 0 Å². The van der Waals surface area contributed by atoms with Crippen molar-refractivity contribution in [3.05, 3.63) is 203 Å². The first-order chi connectivity index (χ1) is 25.6. The molecule has 0 amide bonds. The molecule has 0 aliphatic heterocycles. The topological polar surface area (TPSA) is 13.1 Å². The molecule has 1 heterocycles. The normalized spacial score (nSPS) is 15.2. The van der Waals surface area contributed by atoms with Crippen LogP contribution >= 0.6 is 0 Å². The lowest BCUT2D eigenvalue weighted by atomic mass is 9.66. The van der Waals surface area contributed by atoms with E-state index in [2.05, 4.69) is 184 Å². The highest BCUT2D eigenvalue weighted by molar-refractivity contribution is 6.33. The molecule has 1 aliphatic rings. The fourth-order valence-corrected chi connectivity index (χ4v) is 9.54. The molecule has 0 bridgehead atoms. The summed E-state index contributed by atoms with van der Waals surface area (Å²) in [5, 5.41) is 7.42. The third-order valence-corrected chi connectivity index (χ3v) is 11.7. The first-order valence-corrected chi connectivity index (χ1v) is 18.2. The fraction of sp³-hybridized carbons (Fsp3) is 0.0588. The van der Waals surface area contributed by atoms with Gasteiger partial charge in [0.1, 0.15) is 11.2 Å². The van der Waals surface area contributed by atoms with Gasteiger partial charge in [-0.05, 0) is 121 Å². The SMILES string of the molecule is Cc1cccc(-c2ccc3c(c2)C(c2ccccc2)(c2ccccc2C)c2cccc(-c4ccc5c(c4)c4cccc6oc7cccc5c7c64)c2-3)c1. The molecule has 0 spiro atoms. The van der Waals surface area contributed by atoms with Crippen LogP contribution in [0.15, 0.2) is 174 Å². The second kappa shape index (κ2) is 10.8. The Hall–Kier alpha value is -6.44. The lowest BCUT2D eigenvalue weighted by molar-refractivity contribution is 0.669. The lowest BCUT2D eigenvalue weighted by Crippen LogP contribution is -2.29. The summed E-state index contributed by atoms with van der Waals surface area (Å²) in [5.74, 6) is 0. The summed E-state index contributed by atoms with van der Waals surface area (Å²) < 4.78 is 6.36. The van der Waals surface area contributed by atoms with E-state index in [1.54, 1.807) is 0 Å². The van der Waals surface area contributed by atoms with Gasteiger partial charge < -0.3 is 4.42 Å². The Balaban J connectivity index is 1.25. The van der Waals surface area contributed by atoms with Crippen LogP contribution in [-0.2, 0) is 5.41 Å². The van der Waals surface area contributed by atoms with E-state index >= 15 is 0 Å². The molecule has 244 valence electrons. The highest BCUT2D eigenvalue weighted by Crippen LogP contribution is 2.59. The van der Waals surface area contributed by atoms with Crippen LogP contribution in [0.2, 0.25) is 0 Å². The van der Waals surface area contributed by atoms with Crippen molar-refractivity contribution in [1.29, 1.82) is 0 Å². The highest BCUT2D eigenvalue weighted by atomic mass is 16.3. The zero-order valence-electron chi connectivity index (χ0n) is 29.1. The Morgan fingerprint density at radius 3 is 1.87 bits per heavy atom. The molecule has 1 atom stereocenters. The Kier molecular flexibility index (Phi) is 6.08. The predicted molar refractivity (Wildman–Crippen MR) is 218 cm³/mol. The van der Waals surface area contributed by atoms with Crippen molar-refractivity contribution in [3.63, 3.8) is 0 Å². The first kappa shape index (κ1) is 29.3. The van der Waals surface area contributed by atoms with Crippen LogP contribution in [0.1, 0.15) is 33.4 Å². The molecule has 11 rings (SSSR count). The van der Waals surface area contributed by atoms with Gasteiger partial charge in [-0.1, -0.05) is 151 Å². The predicted octanol–water partition coefficient (Wildman–Crippen LogP) is 13.6. The molecule has 0 N–H and O–H groups in total. The minimum Gasteiger partial charge on any atom is -0.456 e. The number of rotatable bonds is 4. The Labute approximate surface area is 302 Å². The van der Waals surface area contributed by atoms with Crippen molar-refractivity contribution in [2.75, 3.05) is 0 Å². The summed E-state index contributed by atoms with van der Waals surface area (Å²) in [4.78, 5) is 0. The van der Waals surface area contributed by atoms with Gasteiger partial charge in [-0.25, -0.2) is 0 Å². The van der Waals surface area contributed by atoms with Gasteiger partial charge in [-0.15, -0.1) is 0 Å². The standard InChI is InChI=1S/C51H34O/c1-31-12-8-14-33(28-31)34-24-27-41-45(30-34)51(36-15-4-3-5-16-36,43-20-7-6-13-32(43)2)44-21-9-17-37(48(41)44)35-25-26-38-39-18-10-22-46-49(39)50-40(42(38)29-35)19-11-23-47(50)52-46/h3-30H,1-2H3. The maximum absolute atomic E-state index is 6.36. The molecule has 1 aliphatic carbocycles. The van der Waals surface area contributed by atoms with Crippen LogP contribution in [-0.4, -0.2) is 0 Å². The minimum absolute atomic E-state index is 0.506. The molecule has 10 aromatic rings. The second-order valence-electron chi connectivity index (χ2n) is 14.5. The molecule has 1 aromatic heterocycles. The molecule has 1 heteroatoms. The first-order valence-electron chi connectivity index (χ1n) is 18.2. The molecular weight excluding hydrogens is 629 g/mol. The van der Waals surface area contributed by atoms with E-state index in [9.17, 15) is 0 Å². The van der Waals surface area contributed by atoms with E-state index in [0.29, 0.717) is 0 Å². The number of hydrogen-bond acceptors (Lipinski definition) is 1. The van der Waals surface area contributed by atoms with Crippen LogP contribution in [0, 0.1) is 13.8 Å². The van der Waals surface area contributed by atoms with E-state index in [1.165, 1.54) is 99.1 Å². The summed E-state index contributed by atoms with van der Waals surface area (Å²) in [6, 6.07) is 63.1. The smallest absolute Gasteiger partial charge is 0.136 e. The number of benzene rings is 9. The Morgan fingerprint density at radius 2 is 1.08 bits per heavy atom. The molecule has 52 heavy (non-hydrogen) atoms. The van der Waals surface area contributed by atoms with Crippen molar-refractivity contribution in [2.24, 2.45) is 0 Å². The van der Waals surface area contributed by atoms with E-state index < -0.39 is 5.41 Å². The van der Waals surface area contributed by atoms with E-state index in [1.807, 2.05) is 0 Å². The van der Waals surface area contributed by atoms with Crippen molar-refractivity contribution in [2.45, 2.75) is 19.3 Å². The zero-order valence-corrected chi connectivity index (χ0v) is 29.1. The second-order valence-corrected chi connectivity index (χ2v) is 14.5. The molecule has 9 aromatic carbocycles. The van der Waals surface area contributed by atoms with E-state index in [4.69, 9.17) is 4.42 Å². The molecule has 0 radical (unpaired) electrons. The summed E-state index contributed by atoms with van der Waals surface area (Å²) in [6.45, 7) is 4.44. The van der Waals surface area contributed by atoms with E-state index in [0.717, 1.165) is 11.2 Å². The molecule has 1 unspecified atom stereocenters. The highest BCUT2D eigenvalue weighted by Gasteiger charge is 2.47. The van der Waals surface area contributed by atoms with Crippen molar-refractivity contribution < 1.29 is 4.42 Å². The van der Waals surface area contributed by atoms with Gasteiger partial charge >= 0.3 is 0 Å². The maximum Gasteiger partial charge on any atom is 0.136 e. The van der Waals surface area contributed by atoms with Crippen LogP contribution in [0.4, 0.5) is 0 Å². The lowest BCUT2D eigenvalue weighted by Gasteiger charge is -2.35. The molecule has 0 fully saturated rings. The Bertz CT molecular complexity index is 3030. The van der Waals surface area contributed by atoms with Gasteiger partial charge in [-0.3, -0.25) is 0 Å². The van der Waals surface area contributed by atoms with Gasteiger partial charge in [0.05, 0.1) is 5.41 Å². The average Bonchev–Trinajstić information content (AvgIpc) is 3.72. The summed E-state index contributed by atoms with van der Waals surface area (Å²) in [7, 11) is 0. The van der Waals surface area contributed by atoms with Gasteiger partial charge in [0, 0.05) is 10.8 Å². The molecular formula is C51H34O. The van der Waals surface area contributed by atoms with Crippen LogP contribution < -0.4 is 0 Å². The van der Waals surface area contributed by atoms with Gasteiger partial charge in [0.15, 0.2) is 0 Å². The number of aryl methyl sites for hydroxylation is 2. The van der Waals surface area contributed by atoms with Gasteiger partial charge in [0.2, 0.25) is 0 Å². The van der Waals surface area contributed by atoms with E-state index in [-0.39, 0.29) is 0 Å². The van der Waals surface area contributed by atoms with Crippen LogP contribution in [0.25, 0.3) is 76.9 Å². The quantitative estimate of drug-likeness (QED) is 0.171. The summed E-state index contributed by atoms with van der Waals surface area (Å²) in [5.41, 5.74) is 16.7. The fourth-order valence-electron chi connectivity index (χ4n) is 9.54. The van der Waals surface area contributed by atoms with Crippen molar-refractivity contribution >= 4 is 43.5 Å². The molecule has 0 saturated heterocycles. The molecule has 1 nitrogen and oxygen atoms in total. The monoisotopic (exact) mass is 662 g/mol. The van der Waals surface area contributed by atoms with Crippen molar-refractivity contribution in [1.82, 2.24) is 0 Å². The number of fused-ring (bicyclic) bond motifs is 6. The summed E-state index contributed by atoms with van der Waals surface area (Å²) in [6.07, 6.45) is 0. The summed E-state index contributed by atoms with van der Waals surface area (Å²) >= 11 is 0. The largest absolute Gasteiger partial charge is 0.456 e.